The molecule has 1 aliphatic rings. The zero-order valence-corrected chi connectivity index (χ0v) is 13.5. The Kier molecular flexibility index (Phi) is 4.54. The Labute approximate surface area is 147 Å². The van der Waals surface area contributed by atoms with Crippen LogP contribution in [0.3, 0.4) is 0 Å². The van der Waals surface area contributed by atoms with Crippen molar-refractivity contribution in [1.29, 1.82) is 0 Å². The summed E-state index contributed by atoms with van der Waals surface area (Å²) in [6.45, 7) is 7.39. The molecular formula is C19H14F3NO3. The molecule has 0 saturated carbocycles. The quantitative estimate of drug-likeness (QED) is 0.450. The smallest absolute Gasteiger partial charge is 0.257 e. The average Bonchev–Trinajstić information content (AvgIpc) is 2.62. The zero-order valence-electron chi connectivity index (χ0n) is 13.5. The van der Waals surface area contributed by atoms with E-state index in [9.17, 15) is 23.3 Å². The van der Waals surface area contributed by atoms with E-state index in [1.165, 1.54) is 6.08 Å². The normalized spacial score (nSPS) is 18.6. The second kappa shape index (κ2) is 6.67. The number of nitrogens with zero attached hydrogens (tertiary/aromatic N) is 1. The molecule has 0 radical (unpaired) electrons. The van der Waals surface area contributed by atoms with Crippen molar-refractivity contribution in [2.24, 2.45) is 0 Å². The van der Waals surface area contributed by atoms with Crippen molar-refractivity contribution in [3.8, 4) is 5.75 Å². The van der Waals surface area contributed by atoms with E-state index in [0.29, 0.717) is 29.0 Å². The van der Waals surface area contributed by atoms with Gasteiger partial charge in [-0.1, -0.05) is 31.4 Å². The average molecular weight is 361 g/mol. The van der Waals surface area contributed by atoms with Gasteiger partial charge in [0.2, 0.25) is 0 Å². The summed E-state index contributed by atoms with van der Waals surface area (Å²) in [5, 5.41) is 11.6. The Morgan fingerprint density at radius 3 is 2.42 bits per heavy atom. The molecule has 0 saturated heterocycles. The Balaban J connectivity index is 2.15. The second-order valence-corrected chi connectivity index (χ2v) is 5.84. The predicted octanol–water partition coefficient (Wildman–Crippen LogP) is 4.71. The van der Waals surface area contributed by atoms with Crippen LogP contribution in [-0.2, 0) is 6.42 Å². The largest absolute Gasteiger partial charge is 0.478 e. The summed E-state index contributed by atoms with van der Waals surface area (Å²) in [5.74, 6) is -3.47. The summed E-state index contributed by atoms with van der Waals surface area (Å²) < 4.78 is 46.6. The maximum atomic E-state index is 14.2. The standard InChI is InChI=1S/C19H14F3NO3/c1-3-10-5-6-18-12(11(10)4-2)8-17(23(24)25)19(26-18)13-7-15(21)16(22)9-14(13)20/h3-7,9,17,19H,1-2,8H2. The van der Waals surface area contributed by atoms with Gasteiger partial charge in [0.1, 0.15) is 11.6 Å². The number of fused-ring (bicyclic) bond motifs is 1. The van der Waals surface area contributed by atoms with E-state index >= 15 is 0 Å². The number of rotatable bonds is 4. The molecule has 3 rings (SSSR count). The lowest BCUT2D eigenvalue weighted by molar-refractivity contribution is -0.535. The molecule has 0 spiro atoms. The Morgan fingerprint density at radius 1 is 1.12 bits per heavy atom. The Bertz CT molecular complexity index is 927. The van der Waals surface area contributed by atoms with Gasteiger partial charge < -0.3 is 4.74 Å². The van der Waals surface area contributed by atoms with Gasteiger partial charge >= 0.3 is 0 Å². The highest BCUT2D eigenvalue weighted by Crippen LogP contribution is 2.40. The molecule has 26 heavy (non-hydrogen) atoms. The minimum Gasteiger partial charge on any atom is -0.478 e. The first kappa shape index (κ1) is 17.7. The van der Waals surface area contributed by atoms with E-state index in [1.54, 1.807) is 18.2 Å². The fourth-order valence-corrected chi connectivity index (χ4v) is 3.15. The van der Waals surface area contributed by atoms with Crippen LogP contribution >= 0.6 is 0 Å². The van der Waals surface area contributed by atoms with E-state index < -0.39 is 40.1 Å². The maximum absolute atomic E-state index is 14.2. The number of hydrogen-bond donors (Lipinski definition) is 0. The molecule has 0 bridgehead atoms. The van der Waals surface area contributed by atoms with Crippen molar-refractivity contribution >= 4 is 12.2 Å². The second-order valence-electron chi connectivity index (χ2n) is 5.84. The van der Waals surface area contributed by atoms with E-state index in [4.69, 9.17) is 4.74 Å². The lowest BCUT2D eigenvalue weighted by Crippen LogP contribution is -2.37. The van der Waals surface area contributed by atoms with Gasteiger partial charge in [-0.3, -0.25) is 10.1 Å². The van der Waals surface area contributed by atoms with E-state index in [0.717, 1.165) is 5.56 Å². The van der Waals surface area contributed by atoms with Crippen LogP contribution in [-0.4, -0.2) is 11.0 Å². The Hall–Kier alpha value is -3.09. The van der Waals surface area contributed by atoms with Crippen LogP contribution in [0.4, 0.5) is 13.2 Å². The van der Waals surface area contributed by atoms with Gasteiger partial charge in [-0.25, -0.2) is 13.2 Å². The highest BCUT2D eigenvalue weighted by molar-refractivity contribution is 5.69. The van der Waals surface area contributed by atoms with Crippen molar-refractivity contribution < 1.29 is 22.8 Å². The van der Waals surface area contributed by atoms with E-state index in [-0.39, 0.29) is 6.42 Å². The van der Waals surface area contributed by atoms with Gasteiger partial charge in [0.05, 0.1) is 0 Å². The van der Waals surface area contributed by atoms with Gasteiger partial charge in [0.25, 0.3) is 6.04 Å². The fraction of sp³-hybridized carbons (Fsp3) is 0.158. The summed E-state index contributed by atoms with van der Waals surface area (Å²) in [6, 6.07) is 2.86. The molecule has 0 N–H and O–H groups in total. The number of hydrogen-bond acceptors (Lipinski definition) is 3. The summed E-state index contributed by atoms with van der Waals surface area (Å²) in [5.41, 5.74) is 1.50. The van der Waals surface area contributed by atoms with Crippen LogP contribution < -0.4 is 4.74 Å². The molecule has 1 aliphatic heterocycles. The minimum absolute atomic E-state index is 0.0749. The van der Waals surface area contributed by atoms with Crippen molar-refractivity contribution in [1.82, 2.24) is 0 Å². The zero-order chi connectivity index (χ0) is 19.0. The lowest BCUT2D eigenvalue weighted by Gasteiger charge is -2.30. The van der Waals surface area contributed by atoms with Crippen molar-refractivity contribution in [3.63, 3.8) is 0 Å². The van der Waals surface area contributed by atoms with Crippen LogP contribution in [0.15, 0.2) is 37.4 Å². The van der Waals surface area contributed by atoms with Gasteiger partial charge in [-0.2, -0.15) is 0 Å². The highest BCUT2D eigenvalue weighted by Gasteiger charge is 2.42. The monoisotopic (exact) mass is 361 g/mol. The maximum Gasteiger partial charge on any atom is 0.257 e. The molecule has 2 unspecified atom stereocenters. The highest BCUT2D eigenvalue weighted by atomic mass is 19.2. The van der Waals surface area contributed by atoms with Gasteiger partial charge in [-0.15, -0.1) is 0 Å². The first-order valence-corrected chi connectivity index (χ1v) is 7.72. The first-order valence-electron chi connectivity index (χ1n) is 7.72. The third-order valence-electron chi connectivity index (χ3n) is 4.41. The van der Waals surface area contributed by atoms with Crippen LogP contribution in [0.2, 0.25) is 0 Å². The van der Waals surface area contributed by atoms with Gasteiger partial charge in [-0.05, 0) is 23.3 Å². The Morgan fingerprint density at radius 2 is 1.81 bits per heavy atom. The summed E-state index contributed by atoms with van der Waals surface area (Å²) in [6.07, 6.45) is 1.66. The topological polar surface area (TPSA) is 52.4 Å². The molecule has 4 nitrogen and oxygen atoms in total. The van der Waals surface area contributed by atoms with Gasteiger partial charge in [0.15, 0.2) is 17.7 Å². The summed E-state index contributed by atoms with van der Waals surface area (Å²) >= 11 is 0. The summed E-state index contributed by atoms with van der Waals surface area (Å²) in [7, 11) is 0. The predicted molar refractivity (Wildman–Crippen MR) is 90.8 cm³/mol. The SMILES string of the molecule is C=Cc1ccc2c(c1C=C)CC([N+](=O)[O-])C(c1cc(F)c(F)cc1F)O2. The van der Waals surface area contributed by atoms with E-state index in [1.807, 2.05) is 0 Å². The van der Waals surface area contributed by atoms with E-state index in [2.05, 4.69) is 13.2 Å². The van der Waals surface area contributed by atoms with Gasteiger partial charge in [0, 0.05) is 28.5 Å². The van der Waals surface area contributed by atoms with Crippen LogP contribution in [0.1, 0.15) is 28.4 Å². The molecule has 2 atom stereocenters. The lowest BCUT2D eigenvalue weighted by atomic mass is 9.88. The third-order valence-corrected chi connectivity index (χ3v) is 4.41. The molecule has 0 aromatic heterocycles. The molecular weight excluding hydrogens is 347 g/mol. The number of ether oxygens (including phenoxy) is 1. The molecule has 2 aromatic carbocycles. The molecule has 0 amide bonds. The first-order chi connectivity index (χ1) is 12.4. The number of benzene rings is 2. The molecule has 0 aliphatic carbocycles. The number of nitro groups is 1. The minimum atomic E-state index is -1.39. The molecule has 1 heterocycles. The van der Waals surface area contributed by atoms with Crippen molar-refractivity contribution in [2.45, 2.75) is 18.6 Å². The number of halogens is 3. The summed E-state index contributed by atoms with van der Waals surface area (Å²) in [4.78, 5) is 10.9. The molecule has 2 aromatic rings. The van der Waals surface area contributed by atoms with Crippen LogP contribution in [0.25, 0.3) is 12.2 Å². The van der Waals surface area contributed by atoms with Crippen molar-refractivity contribution in [3.05, 3.63) is 87.2 Å². The third kappa shape index (κ3) is 2.85. The van der Waals surface area contributed by atoms with Crippen LogP contribution in [0.5, 0.6) is 5.75 Å². The van der Waals surface area contributed by atoms with Crippen molar-refractivity contribution in [2.75, 3.05) is 0 Å². The van der Waals surface area contributed by atoms with Crippen LogP contribution in [0, 0.1) is 27.6 Å². The molecule has 134 valence electrons. The fourth-order valence-electron chi connectivity index (χ4n) is 3.15. The molecule has 7 heteroatoms. The molecule has 0 fully saturated rings.